The molecule has 6 heteroatoms. The molecule has 1 aromatic heterocycles. The van der Waals surface area contributed by atoms with Crippen LogP contribution in [0.3, 0.4) is 0 Å². The van der Waals surface area contributed by atoms with Crippen molar-refractivity contribution in [3.63, 3.8) is 0 Å². The first-order chi connectivity index (χ1) is 7.93. The monoisotopic (exact) mass is 249 g/mol. The lowest BCUT2D eigenvalue weighted by Crippen LogP contribution is -2.09. The molecule has 0 saturated heterocycles. The number of imidazole rings is 1. The number of nitrogens with one attached hydrogen (secondary N) is 1. The van der Waals surface area contributed by atoms with Gasteiger partial charge in [0.05, 0.1) is 11.1 Å². The Labute approximate surface area is 99.0 Å². The summed E-state index contributed by atoms with van der Waals surface area (Å²) in [5.74, 6) is 0.366. The van der Waals surface area contributed by atoms with Gasteiger partial charge in [0.15, 0.2) is 9.84 Å². The number of sulfone groups is 1. The SMILES string of the molecule is CC(c1nc2c(C#N)cccc2[nH]1)S(C)(=O)=O. The molecule has 0 saturated carbocycles. The minimum Gasteiger partial charge on any atom is -0.341 e. The first-order valence-electron chi connectivity index (χ1n) is 5.01. The normalized spacial score (nSPS) is 13.5. The second-order valence-corrected chi connectivity index (χ2v) is 6.27. The number of hydrogen-bond donors (Lipinski definition) is 1. The summed E-state index contributed by atoms with van der Waals surface area (Å²) in [5.41, 5.74) is 1.63. The van der Waals surface area contributed by atoms with Crippen LogP contribution >= 0.6 is 0 Å². The maximum absolute atomic E-state index is 11.4. The van der Waals surface area contributed by atoms with Gasteiger partial charge >= 0.3 is 0 Å². The van der Waals surface area contributed by atoms with Gasteiger partial charge in [-0.2, -0.15) is 5.26 Å². The van der Waals surface area contributed by atoms with Gasteiger partial charge in [-0.1, -0.05) is 6.07 Å². The van der Waals surface area contributed by atoms with E-state index in [0.29, 0.717) is 22.4 Å². The van der Waals surface area contributed by atoms with Gasteiger partial charge < -0.3 is 4.98 Å². The van der Waals surface area contributed by atoms with Crippen LogP contribution in [0.1, 0.15) is 23.6 Å². The number of aromatic nitrogens is 2. The van der Waals surface area contributed by atoms with Crippen LogP contribution in [0.4, 0.5) is 0 Å². The molecule has 2 rings (SSSR count). The number of nitriles is 1. The quantitative estimate of drug-likeness (QED) is 0.874. The lowest BCUT2D eigenvalue weighted by molar-refractivity contribution is 0.590. The van der Waals surface area contributed by atoms with Crippen LogP contribution in [-0.4, -0.2) is 24.6 Å². The first-order valence-corrected chi connectivity index (χ1v) is 6.96. The summed E-state index contributed by atoms with van der Waals surface area (Å²) in [5, 5.41) is 8.21. The standard InChI is InChI=1S/C11H11N3O2S/c1-7(17(2,15)16)11-13-9-5-3-4-8(6-12)10(9)14-11/h3-5,7H,1-2H3,(H,13,14). The highest BCUT2D eigenvalue weighted by atomic mass is 32.2. The topological polar surface area (TPSA) is 86.6 Å². The van der Waals surface area contributed by atoms with Crippen LogP contribution in [0.2, 0.25) is 0 Å². The van der Waals surface area contributed by atoms with Gasteiger partial charge in [-0.15, -0.1) is 0 Å². The van der Waals surface area contributed by atoms with E-state index < -0.39 is 15.1 Å². The Morgan fingerprint density at radius 3 is 2.76 bits per heavy atom. The molecule has 0 spiro atoms. The van der Waals surface area contributed by atoms with E-state index in [2.05, 4.69) is 9.97 Å². The zero-order valence-corrected chi connectivity index (χ0v) is 10.2. The average Bonchev–Trinajstić information content (AvgIpc) is 2.69. The Balaban J connectivity index is 2.64. The predicted molar refractivity (Wildman–Crippen MR) is 64.1 cm³/mol. The molecule has 5 nitrogen and oxygen atoms in total. The fourth-order valence-corrected chi connectivity index (χ4v) is 2.05. The Bertz CT molecular complexity index is 710. The number of H-pyrrole nitrogens is 1. The molecule has 1 heterocycles. The number of aromatic amines is 1. The Morgan fingerprint density at radius 1 is 1.47 bits per heavy atom. The highest BCUT2D eigenvalue weighted by Crippen LogP contribution is 2.23. The highest BCUT2D eigenvalue weighted by molar-refractivity contribution is 7.90. The molecule has 1 atom stereocenters. The van der Waals surface area contributed by atoms with E-state index in [4.69, 9.17) is 5.26 Å². The summed E-state index contributed by atoms with van der Waals surface area (Å²) in [6, 6.07) is 7.18. The molecule has 0 aliphatic carbocycles. The molecule has 1 aromatic carbocycles. The summed E-state index contributed by atoms with van der Waals surface area (Å²) >= 11 is 0. The molecular formula is C11H11N3O2S. The van der Waals surface area contributed by atoms with Crippen molar-refractivity contribution in [1.82, 2.24) is 9.97 Å². The zero-order chi connectivity index (χ0) is 12.6. The lowest BCUT2D eigenvalue weighted by Gasteiger charge is -2.04. The van der Waals surface area contributed by atoms with Crippen molar-refractivity contribution in [2.24, 2.45) is 0 Å². The third-order valence-electron chi connectivity index (χ3n) is 2.68. The van der Waals surface area contributed by atoms with Crippen molar-refractivity contribution in [3.8, 4) is 6.07 Å². The van der Waals surface area contributed by atoms with E-state index in [-0.39, 0.29) is 0 Å². The van der Waals surface area contributed by atoms with E-state index in [1.165, 1.54) is 0 Å². The van der Waals surface area contributed by atoms with Gasteiger partial charge in [-0.3, -0.25) is 0 Å². The fourth-order valence-electron chi connectivity index (χ4n) is 1.54. The predicted octanol–water partition coefficient (Wildman–Crippen LogP) is 1.54. The fraction of sp³-hybridized carbons (Fsp3) is 0.273. The first kappa shape index (κ1) is 11.6. The third kappa shape index (κ3) is 2.01. The largest absolute Gasteiger partial charge is 0.341 e. The second-order valence-electron chi connectivity index (χ2n) is 3.91. The summed E-state index contributed by atoms with van der Waals surface area (Å²) in [6.07, 6.45) is 1.16. The van der Waals surface area contributed by atoms with Crippen molar-refractivity contribution in [1.29, 1.82) is 5.26 Å². The van der Waals surface area contributed by atoms with Gasteiger partial charge in [-0.05, 0) is 19.1 Å². The Hall–Kier alpha value is -1.87. The third-order valence-corrected chi connectivity index (χ3v) is 4.19. The number of hydrogen-bond acceptors (Lipinski definition) is 4. The smallest absolute Gasteiger partial charge is 0.157 e. The zero-order valence-electron chi connectivity index (χ0n) is 9.43. The molecular weight excluding hydrogens is 238 g/mol. The van der Waals surface area contributed by atoms with Crippen LogP contribution < -0.4 is 0 Å². The summed E-state index contributed by atoms with van der Waals surface area (Å²) in [4.78, 5) is 7.13. The number of benzene rings is 1. The van der Waals surface area contributed by atoms with Crippen LogP contribution in [-0.2, 0) is 9.84 Å². The molecule has 17 heavy (non-hydrogen) atoms. The summed E-state index contributed by atoms with van der Waals surface area (Å²) in [6.45, 7) is 1.57. The van der Waals surface area contributed by atoms with Gasteiger partial charge in [0.2, 0.25) is 0 Å². The molecule has 2 aromatic rings. The van der Waals surface area contributed by atoms with Crippen LogP contribution in [0, 0.1) is 11.3 Å². The second kappa shape index (κ2) is 3.86. The number of fused-ring (bicyclic) bond motifs is 1. The minimum absolute atomic E-state index is 0.366. The summed E-state index contributed by atoms with van der Waals surface area (Å²) < 4.78 is 22.9. The number of para-hydroxylation sites is 1. The molecule has 0 radical (unpaired) electrons. The molecule has 0 bridgehead atoms. The van der Waals surface area contributed by atoms with Crippen molar-refractivity contribution >= 4 is 20.9 Å². The van der Waals surface area contributed by atoms with Crippen molar-refractivity contribution < 1.29 is 8.42 Å². The minimum atomic E-state index is -3.20. The van der Waals surface area contributed by atoms with Gasteiger partial charge in [0, 0.05) is 6.26 Å². The number of nitrogens with zero attached hydrogens (tertiary/aromatic N) is 2. The van der Waals surface area contributed by atoms with E-state index >= 15 is 0 Å². The van der Waals surface area contributed by atoms with Gasteiger partial charge in [0.1, 0.15) is 22.7 Å². The molecule has 0 aliphatic rings. The molecule has 0 aliphatic heterocycles. The molecule has 1 N–H and O–H groups in total. The van der Waals surface area contributed by atoms with Crippen LogP contribution in [0.25, 0.3) is 11.0 Å². The highest BCUT2D eigenvalue weighted by Gasteiger charge is 2.21. The molecule has 0 amide bonds. The molecule has 88 valence electrons. The number of rotatable bonds is 2. The van der Waals surface area contributed by atoms with Crippen LogP contribution in [0.15, 0.2) is 18.2 Å². The Kier molecular flexibility index (Phi) is 2.63. The summed E-state index contributed by atoms with van der Waals surface area (Å²) in [7, 11) is -3.20. The van der Waals surface area contributed by atoms with Crippen molar-refractivity contribution in [2.75, 3.05) is 6.26 Å². The van der Waals surface area contributed by atoms with E-state index in [0.717, 1.165) is 6.26 Å². The van der Waals surface area contributed by atoms with E-state index in [1.807, 2.05) is 6.07 Å². The molecule has 0 fully saturated rings. The van der Waals surface area contributed by atoms with E-state index in [9.17, 15) is 8.42 Å². The lowest BCUT2D eigenvalue weighted by atomic mass is 10.2. The van der Waals surface area contributed by atoms with Gasteiger partial charge in [-0.25, -0.2) is 13.4 Å². The average molecular weight is 249 g/mol. The van der Waals surface area contributed by atoms with Crippen molar-refractivity contribution in [3.05, 3.63) is 29.6 Å². The maximum Gasteiger partial charge on any atom is 0.157 e. The Morgan fingerprint density at radius 2 is 2.18 bits per heavy atom. The van der Waals surface area contributed by atoms with Crippen LogP contribution in [0.5, 0.6) is 0 Å². The molecule has 1 unspecified atom stereocenters. The van der Waals surface area contributed by atoms with E-state index in [1.54, 1.807) is 25.1 Å². The van der Waals surface area contributed by atoms with Crippen molar-refractivity contribution in [2.45, 2.75) is 12.2 Å². The maximum atomic E-state index is 11.4. The van der Waals surface area contributed by atoms with Gasteiger partial charge in [0.25, 0.3) is 0 Å².